The molecule has 4 nitrogen and oxygen atoms in total. The van der Waals surface area contributed by atoms with Gasteiger partial charge in [-0.15, -0.1) is 0 Å². The summed E-state index contributed by atoms with van der Waals surface area (Å²) in [4.78, 5) is 15.2. The summed E-state index contributed by atoms with van der Waals surface area (Å²) in [5.74, 6) is 2.41. The summed E-state index contributed by atoms with van der Waals surface area (Å²) in [6.07, 6.45) is 3.71. The van der Waals surface area contributed by atoms with Gasteiger partial charge in [0.1, 0.15) is 11.5 Å². The molecule has 4 heteroatoms. The first-order valence-electron chi connectivity index (χ1n) is 20.3. The lowest BCUT2D eigenvalue weighted by molar-refractivity contribution is 0.436. The predicted molar refractivity (Wildman–Crippen MR) is 242 cm³/mol. The zero-order chi connectivity index (χ0) is 39.6. The molecule has 1 aliphatic carbocycles. The van der Waals surface area contributed by atoms with Crippen LogP contribution in [-0.4, -0.2) is 15.0 Å². The number of fused-ring (bicyclic) bond motifs is 10. The zero-order valence-corrected chi connectivity index (χ0v) is 32.5. The molecule has 1 spiro atoms. The second-order valence-corrected chi connectivity index (χ2v) is 15.5. The van der Waals surface area contributed by atoms with Crippen molar-refractivity contribution in [1.82, 2.24) is 15.0 Å². The monoisotopic (exact) mass is 765 g/mol. The van der Waals surface area contributed by atoms with E-state index in [9.17, 15) is 0 Å². The Morgan fingerprint density at radius 2 is 0.983 bits per heavy atom. The molecule has 280 valence electrons. The van der Waals surface area contributed by atoms with E-state index in [2.05, 4.69) is 199 Å². The third kappa shape index (κ3) is 5.21. The highest BCUT2D eigenvalue weighted by molar-refractivity contribution is 5.98. The van der Waals surface area contributed by atoms with Crippen LogP contribution in [0.15, 0.2) is 213 Å². The van der Waals surface area contributed by atoms with Crippen LogP contribution in [0.3, 0.4) is 0 Å². The first kappa shape index (κ1) is 34.1. The third-order valence-corrected chi connectivity index (χ3v) is 12.3. The number of benzene rings is 8. The van der Waals surface area contributed by atoms with Crippen LogP contribution in [0.2, 0.25) is 0 Å². The van der Waals surface area contributed by atoms with Crippen molar-refractivity contribution in [3.8, 4) is 78.8 Å². The predicted octanol–water partition coefficient (Wildman–Crippen LogP) is 13.8. The lowest BCUT2D eigenvalue weighted by Crippen LogP contribution is -2.32. The van der Waals surface area contributed by atoms with E-state index in [-0.39, 0.29) is 0 Å². The molecular formula is C56H35N3O. The minimum Gasteiger partial charge on any atom is -0.457 e. The van der Waals surface area contributed by atoms with Gasteiger partial charge in [0.15, 0.2) is 5.82 Å². The first-order chi connectivity index (χ1) is 29.7. The summed E-state index contributed by atoms with van der Waals surface area (Å²) in [5, 5.41) is 2.45. The highest BCUT2D eigenvalue weighted by Crippen LogP contribution is 2.63. The Balaban J connectivity index is 1.08. The Morgan fingerprint density at radius 3 is 1.80 bits per heavy atom. The summed E-state index contributed by atoms with van der Waals surface area (Å²) < 4.78 is 6.61. The van der Waals surface area contributed by atoms with Crippen LogP contribution >= 0.6 is 0 Å². The van der Waals surface area contributed by atoms with E-state index in [0.717, 1.165) is 67.4 Å². The number of hydrogen-bond acceptors (Lipinski definition) is 4. The number of para-hydroxylation sites is 2. The molecule has 0 unspecified atom stereocenters. The van der Waals surface area contributed by atoms with Crippen molar-refractivity contribution in [3.05, 3.63) is 235 Å². The van der Waals surface area contributed by atoms with Crippen LogP contribution < -0.4 is 4.74 Å². The minimum atomic E-state index is -0.582. The molecule has 0 amide bonds. The molecule has 0 atom stereocenters. The number of pyridine rings is 1. The fourth-order valence-electron chi connectivity index (χ4n) is 9.65. The van der Waals surface area contributed by atoms with Crippen LogP contribution in [0.4, 0.5) is 0 Å². The summed E-state index contributed by atoms with van der Waals surface area (Å²) in [6, 6.07) is 71.0. The summed E-state index contributed by atoms with van der Waals surface area (Å²) in [7, 11) is 0. The summed E-state index contributed by atoms with van der Waals surface area (Å²) in [6.45, 7) is 0. The minimum absolute atomic E-state index is 0.582. The fraction of sp³-hybridized carbons (Fsp3) is 0.0179. The number of hydrogen-bond donors (Lipinski definition) is 0. The van der Waals surface area contributed by atoms with Crippen LogP contribution in [0.1, 0.15) is 22.3 Å². The number of aromatic nitrogens is 3. The molecule has 2 aliphatic rings. The van der Waals surface area contributed by atoms with Gasteiger partial charge in [-0.05, 0) is 80.0 Å². The molecule has 1 aliphatic heterocycles. The van der Waals surface area contributed by atoms with Gasteiger partial charge in [0.05, 0.1) is 16.8 Å². The van der Waals surface area contributed by atoms with Crippen molar-refractivity contribution in [2.45, 2.75) is 5.41 Å². The normalized spacial score (nSPS) is 12.9. The maximum absolute atomic E-state index is 6.61. The van der Waals surface area contributed by atoms with Crippen molar-refractivity contribution in [2.24, 2.45) is 0 Å². The highest BCUT2D eigenvalue weighted by Gasteiger charge is 2.51. The highest BCUT2D eigenvalue weighted by atomic mass is 16.5. The lowest BCUT2D eigenvalue weighted by Gasteiger charge is -2.39. The molecule has 12 rings (SSSR count). The van der Waals surface area contributed by atoms with Gasteiger partial charge in [0, 0.05) is 45.8 Å². The van der Waals surface area contributed by atoms with Crippen molar-refractivity contribution >= 4 is 10.8 Å². The number of nitrogens with zero attached hydrogens (tertiary/aromatic N) is 3. The second-order valence-electron chi connectivity index (χ2n) is 15.5. The molecule has 0 N–H and O–H groups in total. The Morgan fingerprint density at radius 1 is 0.383 bits per heavy atom. The molecule has 2 aromatic heterocycles. The quantitative estimate of drug-likeness (QED) is 0.175. The van der Waals surface area contributed by atoms with E-state index in [1.807, 2.05) is 12.3 Å². The van der Waals surface area contributed by atoms with Gasteiger partial charge in [-0.2, -0.15) is 0 Å². The Kier molecular flexibility index (Phi) is 7.72. The van der Waals surface area contributed by atoms with Crippen LogP contribution in [0, 0.1) is 0 Å². The fourth-order valence-corrected chi connectivity index (χ4v) is 9.65. The number of rotatable bonds is 5. The first-order valence-corrected chi connectivity index (χ1v) is 20.3. The maximum Gasteiger partial charge on any atom is 0.160 e. The van der Waals surface area contributed by atoms with Crippen molar-refractivity contribution in [1.29, 1.82) is 0 Å². The summed E-state index contributed by atoms with van der Waals surface area (Å²) >= 11 is 0. The van der Waals surface area contributed by atoms with Gasteiger partial charge < -0.3 is 4.74 Å². The van der Waals surface area contributed by atoms with E-state index in [0.29, 0.717) is 5.82 Å². The number of ether oxygens (including phenoxy) is 1. The molecular weight excluding hydrogens is 731 g/mol. The standard InChI is InChI=1S/C56H35N3O/c1-2-18-42-36(13-1)14-10-20-43(42)37-28-30-38(31-29-37)55-58-50(40-16-9-15-39(33-40)41-17-12-32-57-35-41)34-51(59-55)45-21-11-25-49-54(45)44-19-3-4-22-46(44)56(49)47-23-5-7-26-52(47)60-53-27-8-6-24-48(53)56/h1-35H. The Bertz CT molecular complexity index is 3250. The third-order valence-electron chi connectivity index (χ3n) is 12.3. The van der Waals surface area contributed by atoms with Gasteiger partial charge in [-0.3, -0.25) is 4.98 Å². The second kappa shape index (κ2) is 13.6. The Hall–Kier alpha value is -7.95. The zero-order valence-electron chi connectivity index (χ0n) is 32.5. The van der Waals surface area contributed by atoms with Gasteiger partial charge in [-0.25, -0.2) is 9.97 Å². The molecule has 3 heterocycles. The lowest BCUT2D eigenvalue weighted by atomic mass is 9.66. The molecule has 10 aromatic rings. The Labute approximate surface area is 348 Å². The smallest absolute Gasteiger partial charge is 0.160 e. The van der Waals surface area contributed by atoms with E-state index < -0.39 is 5.41 Å². The topological polar surface area (TPSA) is 47.9 Å². The molecule has 0 radical (unpaired) electrons. The molecule has 0 bridgehead atoms. The molecule has 0 saturated carbocycles. The average molecular weight is 766 g/mol. The van der Waals surface area contributed by atoms with Gasteiger partial charge >= 0.3 is 0 Å². The van der Waals surface area contributed by atoms with Gasteiger partial charge in [0.25, 0.3) is 0 Å². The van der Waals surface area contributed by atoms with Crippen LogP contribution in [0.25, 0.3) is 78.1 Å². The van der Waals surface area contributed by atoms with E-state index in [4.69, 9.17) is 14.7 Å². The maximum atomic E-state index is 6.61. The van der Waals surface area contributed by atoms with Crippen LogP contribution in [0.5, 0.6) is 11.5 Å². The van der Waals surface area contributed by atoms with Gasteiger partial charge in [0.2, 0.25) is 0 Å². The van der Waals surface area contributed by atoms with E-state index >= 15 is 0 Å². The van der Waals surface area contributed by atoms with E-state index in [1.165, 1.54) is 38.6 Å². The largest absolute Gasteiger partial charge is 0.457 e. The van der Waals surface area contributed by atoms with Crippen molar-refractivity contribution in [3.63, 3.8) is 0 Å². The van der Waals surface area contributed by atoms with Crippen molar-refractivity contribution in [2.75, 3.05) is 0 Å². The molecule has 8 aromatic carbocycles. The van der Waals surface area contributed by atoms with Crippen LogP contribution in [-0.2, 0) is 5.41 Å². The molecule has 0 fully saturated rings. The molecule has 0 saturated heterocycles. The van der Waals surface area contributed by atoms with Crippen molar-refractivity contribution < 1.29 is 4.74 Å². The SMILES string of the molecule is c1cncc(-c2cccc(-c3cc(-c4cccc5c4-c4ccccc4C54c5ccccc5Oc5ccccc54)nc(-c4ccc(-c5cccc6ccccc56)cc4)n3)c2)c1. The molecule has 60 heavy (non-hydrogen) atoms. The van der Waals surface area contributed by atoms with Gasteiger partial charge in [-0.1, -0.05) is 170 Å². The van der Waals surface area contributed by atoms with E-state index in [1.54, 1.807) is 6.20 Å². The average Bonchev–Trinajstić information content (AvgIpc) is 3.62. The summed E-state index contributed by atoms with van der Waals surface area (Å²) in [5.41, 5.74) is 15.7.